The molecule has 84 valence electrons. The van der Waals surface area contributed by atoms with Crippen molar-refractivity contribution < 1.29 is 0 Å². The molecule has 1 aliphatic heterocycles. The first-order valence-corrected chi connectivity index (χ1v) is 6.09. The highest BCUT2D eigenvalue weighted by molar-refractivity contribution is 5.11. The van der Waals surface area contributed by atoms with Gasteiger partial charge >= 0.3 is 0 Å². The van der Waals surface area contributed by atoms with Crippen molar-refractivity contribution in [2.75, 3.05) is 13.1 Å². The third kappa shape index (κ3) is 2.23. The molecule has 1 N–H and O–H groups in total. The van der Waals surface area contributed by atoms with Gasteiger partial charge in [0.25, 0.3) is 0 Å². The fraction of sp³-hybridized carbons (Fsp3) is 0.750. The first kappa shape index (κ1) is 10.7. The number of aryl methyl sites for hydroxylation is 1. The Morgan fingerprint density at radius 1 is 1.47 bits per heavy atom. The van der Waals surface area contributed by atoms with Gasteiger partial charge in [-0.25, -0.2) is 0 Å². The molecule has 0 spiro atoms. The van der Waals surface area contributed by atoms with Crippen LogP contribution in [0.25, 0.3) is 0 Å². The average Bonchev–Trinajstić information content (AvgIpc) is 2.85. The van der Waals surface area contributed by atoms with Crippen LogP contribution >= 0.6 is 0 Å². The molecular formula is C12H21N3. The standard InChI is InChI=1S/C12H21N3/c1-3-5-10-8-13-9-11(10)12-6-7-15(4-2)14-12/h6-7,10-11,13H,3-5,8-9H2,1-2H3. The molecule has 1 saturated heterocycles. The second kappa shape index (κ2) is 4.79. The molecule has 0 aromatic carbocycles. The number of rotatable bonds is 4. The first-order valence-electron chi connectivity index (χ1n) is 6.09. The zero-order valence-electron chi connectivity index (χ0n) is 9.74. The summed E-state index contributed by atoms with van der Waals surface area (Å²) in [5.41, 5.74) is 1.28. The minimum absolute atomic E-state index is 0.637. The molecule has 15 heavy (non-hydrogen) atoms. The van der Waals surface area contributed by atoms with E-state index in [1.54, 1.807) is 0 Å². The van der Waals surface area contributed by atoms with Gasteiger partial charge in [-0.2, -0.15) is 5.10 Å². The Hall–Kier alpha value is -0.830. The van der Waals surface area contributed by atoms with Gasteiger partial charge < -0.3 is 5.32 Å². The third-order valence-electron chi connectivity index (χ3n) is 3.36. The molecule has 1 aliphatic rings. The van der Waals surface area contributed by atoms with Gasteiger partial charge in [0.2, 0.25) is 0 Å². The lowest BCUT2D eigenvalue weighted by molar-refractivity contribution is 0.461. The van der Waals surface area contributed by atoms with Crippen LogP contribution in [0.4, 0.5) is 0 Å². The summed E-state index contributed by atoms with van der Waals surface area (Å²) < 4.78 is 2.02. The zero-order valence-corrected chi connectivity index (χ0v) is 9.74. The monoisotopic (exact) mass is 207 g/mol. The minimum atomic E-state index is 0.637. The van der Waals surface area contributed by atoms with Gasteiger partial charge in [-0.05, 0) is 31.9 Å². The second-order valence-electron chi connectivity index (χ2n) is 4.41. The summed E-state index contributed by atoms with van der Waals surface area (Å²) in [5.74, 6) is 1.42. The van der Waals surface area contributed by atoms with E-state index in [4.69, 9.17) is 0 Å². The predicted molar refractivity (Wildman–Crippen MR) is 61.9 cm³/mol. The van der Waals surface area contributed by atoms with Gasteiger partial charge in [-0.15, -0.1) is 0 Å². The molecule has 2 rings (SSSR count). The average molecular weight is 207 g/mol. The van der Waals surface area contributed by atoms with E-state index in [1.807, 2.05) is 4.68 Å². The number of nitrogens with zero attached hydrogens (tertiary/aromatic N) is 2. The van der Waals surface area contributed by atoms with Crippen molar-refractivity contribution in [1.29, 1.82) is 0 Å². The minimum Gasteiger partial charge on any atom is -0.316 e. The number of aromatic nitrogens is 2. The Morgan fingerprint density at radius 3 is 3.00 bits per heavy atom. The van der Waals surface area contributed by atoms with Crippen LogP contribution in [0.15, 0.2) is 12.3 Å². The summed E-state index contributed by atoms with van der Waals surface area (Å²) in [5, 5.41) is 8.10. The van der Waals surface area contributed by atoms with E-state index in [0.717, 1.165) is 25.6 Å². The molecule has 1 aromatic heterocycles. The SMILES string of the molecule is CCCC1CNCC1c1ccn(CC)n1. The van der Waals surface area contributed by atoms with Crippen LogP contribution in [0.3, 0.4) is 0 Å². The van der Waals surface area contributed by atoms with E-state index in [0.29, 0.717) is 5.92 Å². The van der Waals surface area contributed by atoms with Crippen molar-refractivity contribution in [3.8, 4) is 0 Å². The van der Waals surface area contributed by atoms with E-state index in [-0.39, 0.29) is 0 Å². The van der Waals surface area contributed by atoms with Crippen molar-refractivity contribution >= 4 is 0 Å². The largest absolute Gasteiger partial charge is 0.316 e. The Morgan fingerprint density at radius 2 is 2.33 bits per heavy atom. The molecule has 2 unspecified atom stereocenters. The molecule has 3 nitrogen and oxygen atoms in total. The summed E-state index contributed by atoms with van der Waals surface area (Å²) in [6.07, 6.45) is 4.69. The van der Waals surface area contributed by atoms with Gasteiger partial charge in [0.15, 0.2) is 0 Å². The fourth-order valence-corrected chi connectivity index (χ4v) is 2.50. The molecule has 3 heteroatoms. The van der Waals surface area contributed by atoms with Gasteiger partial charge in [0, 0.05) is 25.2 Å². The zero-order chi connectivity index (χ0) is 10.7. The molecule has 0 saturated carbocycles. The van der Waals surface area contributed by atoms with Crippen LogP contribution in [0.1, 0.15) is 38.3 Å². The van der Waals surface area contributed by atoms with E-state index in [9.17, 15) is 0 Å². The van der Waals surface area contributed by atoms with Crippen molar-refractivity contribution in [2.24, 2.45) is 5.92 Å². The van der Waals surface area contributed by atoms with Gasteiger partial charge in [-0.1, -0.05) is 13.3 Å². The molecule has 0 bridgehead atoms. The van der Waals surface area contributed by atoms with Crippen LogP contribution < -0.4 is 5.32 Å². The molecule has 2 heterocycles. The Kier molecular flexibility index (Phi) is 3.41. The van der Waals surface area contributed by atoms with Crippen LogP contribution in [-0.2, 0) is 6.54 Å². The summed E-state index contributed by atoms with van der Waals surface area (Å²) in [7, 11) is 0. The molecule has 2 atom stereocenters. The Labute approximate surface area is 91.9 Å². The molecule has 0 radical (unpaired) electrons. The van der Waals surface area contributed by atoms with Gasteiger partial charge in [0.05, 0.1) is 5.69 Å². The van der Waals surface area contributed by atoms with Crippen molar-refractivity contribution in [3.05, 3.63) is 18.0 Å². The smallest absolute Gasteiger partial charge is 0.0671 e. The third-order valence-corrected chi connectivity index (χ3v) is 3.36. The Bertz CT molecular complexity index is 306. The quantitative estimate of drug-likeness (QED) is 0.818. The molecular weight excluding hydrogens is 186 g/mol. The first-order chi connectivity index (χ1) is 7.35. The number of hydrogen-bond acceptors (Lipinski definition) is 2. The number of hydrogen-bond donors (Lipinski definition) is 1. The lowest BCUT2D eigenvalue weighted by Crippen LogP contribution is -2.11. The summed E-state index contributed by atoms with van der Waals surface area (Å²) >= 11 is 0. The molecule has 1 aromatic rings. The highest BCUT2D eigenvalue weighted by atomic mass is 15.3. The summed E-state index contributed by atoms with van der Waals surface area (Å²) in [6.45, 7) is 7.63. The van der Waals surface area contributed by atoms with Crippen LogP contribution in [0.5, 0.6) is 0 Å². The van der Waals surface area contributed by atoms with E-state index < -0.39 is 0 Å². The van der Waals surface area contributed by atoms with E-state index in [2.05, 4.69) is 36.5 Å². The Balaban J connectivity index is 2.08. The molecule has 1 fully saturated rings. The maximum Gasteiger partial charge on any atom is 0.0671 e. The van der Waals surface area contributed by atoms with Crippen molar-refractivity contribution in [2.45, 2.75) is 39.2 Å². The fourth-order valence-electron chi connectivity index (χ4n) is 2.50. The van der Waals surface area contributed by atoms with Crippen molar-refractivity contribution in [3.63, 3.8) is 0 Å². The molecule has 0 amide bonds. The normalized spacial score (nSPS) is 26.0. The van der Waals surface area contributed by atoms with Gasteiger partial charge in [-0.3, -0.25) is 4.68 Å². The maximum absolute atomic E-state index is 4.62. The molecule has 0 aliphatic carbocycles. The summed E-state index contributed by atoms with van der Waals surface area (Å²) in [6, 6.07) is 2.18. The van der Waals surface area contributed by atoms with Crippen LogP contribution in [-0.4, -0.2) is 22.9 Å². The van der Waals surface area contributed by atoms with E-state index in [1.165, 1.54) is 18.5 Å². The summed E-state index contributed by atoms with van der Waals surface area (Å²) in [4.78, 5) is 0. The van der Waals surface area contributed by atoms with Crippen LogP contribution in [0, 0.1) is 5.92 Å². The second-order valence-corrected chi connectivity index (χ2v) is 4.41. The predicted octanol–water partition coefficient (Wildman–Crippen LogP) is 2.01. The van der Waals surface area contributed by atoms with Crippen molar-refractivity contribution in [1.82, 2.24) is 15.1 Å². The lowest BCUT2D eigenvalue weighted by atomic mass is 9.89. The lowest BCUT2D eigenvalue weighted by Gasteiger charge is -2.15. The van der Waals surface area contributed by atoms with Gasteiger partial charge in [0.1, 0.15) is 0 Å². The topological polar surface area (TPSA) is 29.9 Å². The number of nitrogens with one attached hydrogen (secondary N) is 1. The van der Waals surface area contributed by atoms with Crippen LogP contribution in [0.2, 0.25) is 0 Å². The van der Waals surface area contributed by atoms with E-state index >= 15 is 0 Å². The highest BCUT2D eigenvalue weighted by Crippen LogP contribution is 2.29. The highest BCUT2D eigenvalue weighted by Gasteiger charge is 2.29. The maximum atomic E-state index is 4.62.